The molecule has 2 aliphatic rings. The molecule has 10 heteroatoms. The Morgan fingerprint density at radius 3 is 2.45 bits per heavy atom. The largest absolute Gasteiger partial charge is 0.368 e. The van der Waals surface area contributed by atoms with Crippen LogP contribution in [0.15, 0.2) is 24.3 Å². The van der Waals surface area contributed by atoms with Gasteiger partial charge in [0.1, 0.15) is 5.82 Å². The number of thioether (sulfide) groups is 1. The average Bonchev–Trinajstić information content (AvgIpc) is 2.69. The lowest BCUT2D eigenvalue weighted by Crippen LogP contribution is -2.49. The summed E-state index contributed by atoms with van der Waals surface area (Å²) in [6, 6.07) is 6.68. The Balaban J connectivity index is 0.00000210. The van der Waals surface area contributed by atoms with Gasteiger partial charge in [-0.1, -0.05) is 0 Å². The van der Waals surface area contributed by atoms with Crippen LogP contribution in [-0.4, -0.2) is 73.5 Å². The number of anilines is 1. The fourth-order valence-corrected chi connectivity index (χ4v) is 4.33. The van der Waals surface area contributed by atoms with Crippen molar-refractivity contribution >= 4 is 54.1 Å². The highest BCUT2D eigenvalue weighted by Crippen LogP contribution is 2.17. The van der Waals surface area contributed by atoms with Gasteiger partial charge in [-0.15, -0.1) is 24.8 Å². The summed E-state index contributed by atoms with van der Waals surface area (Å²) >= 11 is 1.87. The maximum absolute atomic E-state index is 13.0. The molecular weight excluding hydrogens is 438 g/mol. The monoisotopic (exact) mass is 466 g/mol. The summed E-state index contributed by atoms with van der Waals surface area (Å²) in [4.78, 5) is 28.3. The van der Waals surface area contributed by atoms with Crippen LogP contribution in [0.4, 0.5) is 10.1 Å². The van der Waals surface area contributed by atoms with Crippen LogP contribution < -0.4 is 15.5 Å². The van der Waals surface area contributed by atoms with Gasteiger partial charge in [-0.3, -0.25) is 9.59 Å². The molecule has 2 fully saturated rings. The lowest BCUT2D eigenvalue weighted by molar-refractivity contribution is -0.131. The van der Waals surface area contributed by atoms with Crippen LogP contribution in [0.5, 0.6) is 0 Å². The second-order valence-electron chi connectivity index (χ2n) is 6.87. The van der Waals surface area contributed by atoms with Crippen LogP contribution in [0.3, 0.4) is 0 Å². The van der Waals surface area contributed by atoms with Crippen molar-refractivity contribution in [2.24, 2.45) is 0 Å². The van der Waals surface area contributed by atoms with E-state index in [1.165, 1.54) is 12.1 Å². The number of benzene rings is 1. The molecule has 0 aromatic heterocycles. The maximum Gasteiger partial charge on any atom is 0.224 e. The molecule has 1 atom stereocenters. The van der Waals surface area contributed by atoms with Crippen LogP contribution in [0, 0.1) is 5.82 Å². The van der Waals surface area contributed by atoms with Crippen molar-refractivity contribution in [3.63, 3.8) is 0 Å². The molecule has 0 saturated carbocycles. The van der Waals surface area contributed by atoms with Gasteiger partial charge in [0.25, 0.3) is 0 Å². The van der Waals surface area contributed by atoms with E-state index in [0.717, 1.165) is 36.8 Å². The predicted molar refractivity (Wildman–Crippen MR) is 121 cm³/mol. The van der Waals surface area contributed by atoms with Crippen molar-refractivity contribution in [2.45, 2.75) is 18.9 Å². The Labute approximate surface area is 188 Å². The number of carbonyl (C=O) groups excluding carboxylic acids is 2. The second-order valence-corrected chi connectivity index (χ2v) is 8.02. The van der Waals surface area contributed by atoms with E-state index >= 15 is 0 Å². The number of piperazine rings is 1. The first-order chi connectivity index (χ1) is 13.1. The van der Waals surface area contributed by atoms with Gasteiger partial charge < -0.3 is 20.4 Å². The van der Waals surface area contributed by atoms with Crippen molar-refractivity contribution in [3.05, 3.63) is 30.1 Å². The molecule has 29 heavy (non-hydrogen) atoms. The van der Waals surface area contributed by atoms with E-state index in [1.54, 1.807) is 12.1 Å². The number of hydrogen-bond acceptors (Lipinski definition) is 5. The molecule has 2 N–H and O–H groups in total. The minimum atomic E-state index is -0.243. The van der Waals surface area contributed by atoms with E-state index in [4.69, 9.17) is 0 Å². The van der Waals surface area contributed by atoms with Crippen molar-refractivity contribution in [3.8, 4) is 0 Å². The molecule has 2 aliphatic heterocycles. The summed E-state index contributed by atoms with van der Waals surface area (Å²) in [5.41, 5.74) is 0.977. The molecule has 0 spiro atoms. The van der Waals surface area contributed by atoms with E-state index in [9.17, 15) is 14.0 Å². The third kappa shape index (κ3) is 8.20. The van der Waals surface area contributed by atoms with Crippen molar-refractivity contribution in [1.82, 2.24) is 15.5 Å². The average molecular weight is 467 g/mol. The Morgan fingerprint density at radius 1 is 1.14 bits per heavy atom. The minimum Gasteiger partial charge on any atom is -0.368 e. The first-order valence-corrected chi connectivity index (χ1v) is 10.6. The molecule has 3 rings (SSSR count). The van der Waals surface area contributed by atoms with Gasteiger partial charge in [-0.25, -0.2) is 4.39 Å². The summed E-state index contributed by atoms with van der Waals surface area (Å²) in [6.07, 6.45) is 0.798. The highest BCUT2D eigenvalue weighted by Gasteiger charge is 2.21. The molecule has 2 amide bonds. The zero-order chi connectivity index (χ0) is 19.1. The number of halogens is 3. The molecular formula is C19H29Cl2FN4O2S. The minimum absolute atomic E-state index is 0. The number of carbonyl (C=O) groups is 2. The van der Waals surface area contributed by atoms with Gasteiger partial charge in [0.2, 0.25) is 11.8 Å². The molecule has 1 unspecified atom stereocenters. The summed E-state index contributed by atoms with van der Waals surface area (Å²) in [5, 5.41) is 6.20. The molecule has 164 valence electrons. The van der Waals surface area contributed by atoms with E-state index in [1.807, 2.05) is 16.7 Å². The molecule has 0 radical (unpaired) electrons. The zero-order valence-corrected chi connectivity index (χ0v) is 18.7. The van der Waals surface area contributed by atoms with E-state index in [2.05, 4.69) is 15.5 Å². The third-order valence-corrected chi connectivity index (χ3v) is 6.05. The fourth-order valence-electron chi connectivity index (χ4n) is 3.38. The highest BCUT2D eigenvalue weighted by atomic mass is 35.5. The number of nitrogens with one attached hydrogen (secondary N) is 2. The van der Waals surface area contributed by atoms with Gasteiger partial charge in [-0.2, -0.15) is 11.8 Å². The SMILES string of the molecule is Cl.Cl.O=C(CC1CSCCN1)NCCC(=O)N1CCN(c2ccc(F)cc2)CC1. The van der Waals surface area contributed by atoms with Crippen molar-refractivity contribution in [2.75, 3.05) is 55.7 Å². The summed E-state index contributed by atoms with van der Waals surface area (Å²) < 4.78 is 13.0. The molecule has 0 bridgehead atoms. The first kappa shape index (κ1) is 25.8. The number of amides is 2. The molecule has 6 nitrogen and oxygen atoms in total. The lowest BCUT2D eigenvalue weighted by Gasteiger charge is -2.36. The summed E-state index contributed by atoms with van der Waals surface area (Å²) in [6.45, 7) is 4.09. The first-order valence-electron chi connectivity index (χ1n) is 9.48. The van der Waals surface area contributed by atoms with Crippen LogP contribution in [0.1, 0.15) is 12.8 Å². The highest BCUT2D eigenvalue weighted by molar-refractivity contribution is 7.99. The Hall–Kier alpha value is -1.22. The Kier molecular flexibility index (Phi) is 11.7. The van der Waals surface area contributed by atoms with E-state index in [-0.39, 0.29) is 48.5 Å². The van der Waals surface area contributed by atoms with Gasteiger partial charge >= 0.3 is 0 Å². The number of nitrogens with zero attached hydrogens (tertiary/aromatic N) is 2. The molecule has 1 aromatic carbocycles. The summed E-state index contributed by atoms with van der Waals surface area (Å²) in [5.74, 6) is 1.89. The zero-order valence-electron chi connectivity index (χ0n) is 16.3. The molecule has 0 aliphatic carbocycles. The smallest absolute Gasteiger partial charge is 0.224 e. The molecule has 2 heterocycles. The number of hydrogen-bond donors (Lipinski definition) is 2. The van der Waals surface area contributed by atoms with E-state index < -0.39 is 0 Å². The maximum atomic E-state index is 13.0. The lowest BCUT2D eigenvalue weighted by atomic mass is 10.2. The predicted octanol–water partition coefficient (Wildman–Crippen LogP) is 1.92. The van der Waals surface area contributed by atoms with Crippen molar-refractivity contribution in [1.29, 1.82) is 0 Å². The molecule has 2 saturated heterocycles. The molecule has 1 aromatic rings. The van der Waals surface area contributed by atoms with Gasteiger partial charge in [0.05, 0.1) is 0 Å². The third-order valence-electron chi connectivity index (χ3n) is 4.92. The van der Waals surface area contributed by atoms with Gasteiger partial charge in [0.15, 0.2) is 0 Å². The van der Waals surface area contributed by atoms with E-state index in [0.29, 0.717) is 32.5 Å². The fraction of sp³-hybridized carbons (Fsp3) is 0.579. The van der Waals surface area contributed by atoms with Crippen LogP contribution in [-0.2, 0) is 9.59 Å². The second kappa shape index (κ2) is 13.2. The number of rotatable bonds is 6. The van der Waals surface area contributed by atoms with Crippen LogP contribution >= 0.6 is 36.6 Å². The van der Waals surface area contributed by atoms with Crippen LogP contribution in [0.2, 0.25) is 0 Å². The van der Waals surface area contributed by atoms with Gasteiger partial charge in [-0.05, 0) is 24.3 Å². The van der Waals surface area contributed by atoms with Gasteiger partial charge in [0, 0.05) is 75.3 Å². The Bertz CT molecular complexity index is 640. The normalized spacial score (nSPS) is 19.0. The van der Waals surface area contributed by atoms with Crippen LogP contribution in [0.25, 0.3) is 0 Å². The topological polar surface area (TPSA) is 64.7 Å². The summed E-state index contributed by atoms with van der Waals surface area (Å²) in [7, 11) is 0. The van der Waals surface area contributed by atoms with Crippen molar-refractivity contribution < 1.29 is 14.0 Å². The Morgan fingerprint density at radius 2 is 1.83 bits per heavy atom. The quantitative estimate of drug-likeness (QED) is 0.670. The standard InChI is InChI=1S/C19H27FN4O2S.2ClH/c20-15-1-3-17(4-2-15)23-8-10-24(11-9-23)19(26)5-6-22-18(25)13-16-14-27-12-7-21-16;;/h1-4,16,21H,5-14H2,(H,22,25);2*1H.